The van der Waals surface area contributed by atoms with Crippen LogP contribution < -0.4 is 9.47 Å². The topological polar surface area (TPSA) is 21.7 Å². The predicted octanol–water partition coefficient (Wildman–Crippen LogP) is 2.08. The Labute approximate surface area is 90.6 Å². The lowest BCUT2D eigenvalue weighted by Crippen LogP contribution is -2.18. The standard InChI is InChI=1S/C12H17NO2/c1-9(13(2)3)10-4-5-11-12(8-10)15-7-6-14-11/h4-5,8-9H,6-7H2,1-3H3. The predicted molar refractivity (Wildman–Crippen MR) is 59.5 cm³/mol. The van der Waals surface area contributed by atoms with Gasteiger partial charge in [0.2, 0.25) is 0 Å². The molecule has 1 aromatic rings. The second-order valence-electron chi connectivity index (χ2n) is 4.04. The van der Waals surface area contributed by atoms with Gasteiger partial charge in [0.1, 0.15) is 13.2 Å². The van der Waals surface area contributed by atoms with Crippen LogP contribution in [0.15, 0.2) is 18.2 Å². The van der Waals surface area contributed by atoms with Gasteiger partial charge in [-0.25, -0.2) is 0 Å². The number of ether oxygens (including phenoxy) is 2. The molecule has 1 heterocycles. The van der Waals surface area contributed by atoms with Gasteiger partial charge in [-0.3, -0.25) is 0 Å². The van der Waals surface area contributed by atoms with Crippen molar-refractivity contribution in [2.75, 3.05) is 27.3 Å². The molecule has 1 aliphatic heterocycles. The van der Waals surface area contributed by atoms with Gasteiger partial charge >= 0.3 is 0 Å². The summed E-state index contributed by atoms with van der Waals surface area (Å²) in [4.78, 5) is 2.17. The van der Waals surface area contributed by atoms with Gasteiger partial charge in [0.25, 0.3) is 0 Å². The summed E-state index contributed by atoms with van der Waals surface area (Å²) >= 11 is 0. The Hall–Kier alpha value is -1.22. The summed E-state index contributed by atoms with van der Waals surface area (Å²) in [6.07, 6.45) is 0. The quantitative estimate of drug-likeness (QED) is 0.741. The number of fused-ring (bicyclic) bond motifs is 1. The maximum absolute atomic E-state index is 5.55. The van der Waals surface area contributed by atoms with Crippen molar-refractivity contribution in [3.63, 3.8) is 0 Å². The fraction of sp³-hybridized carbons (Fsp3) is 0.500. The van der Waals surface area contributed by atoms with Gasteiger partial charge < -0.3 is 14.4 Å². The summed E-state index contributed by atoms with van der Waals surface area (Å²) in [5, 5.41) is 0. The third-order valence-electron chi connectivity index (χ3n) is 2.82. The van der Waals surface area contributed by atoms with E-state index in [9.17, 15) is 0 Å². The van der Waals surface area contributed by atoms with E-state index in [1.165, 1.54) is 5.56 Å². The SMILES string of the molecule is CC(c1ccc2c(c1)OCCO2)N(C)C. The van der Waals surface area contributed by atoms with Gasteiger partial charge in [0.15, 0.2) is 11.5 Å². The minimum atomic E-state index is 0.390. The van der Waals surface area contributed by atoms with E-state index in [1.807, 2.05) is 6.07 Å². The van der Waals surface area contributed by atoms with Crippen molar-refractivity contribution in [3.8, 4) is 11.5 Å². The molecule has 0 bridgehead atoms. The lowest BCUT2D eigenvalue weighted by atomic mass is 10.1. The van der Waals surface area contributed by atoms with Gasteiger partial charge in [-0.15, -0.1) is 0 Å². The van der Waals surface area contributed by atoms with Crippen molar-refractivity contribution in [1.29, 1.82) is 0 Å². The number of nitrogens with zero attached hydrogens (tertiary/aromatic N) is 1. The third-order valence-corrected chi connectivity index (χ3v) is 2.82. The normalized spacial score (nSPS) is 16.5. The molecular weight excluding hydrogens is 190 g/mol. The number of hydrogen-bond donors (Lipinski definition) is 0. The molecule has 0 amide bonds. The van der Waals surface area contributed by atoms with Gasteiger partial charge in [0, 0.05) is 6.04 Å². The summed E-state index contributed by atoms with van der Waals surface area (Å²) in [5.74, 6) is 1.73. The third kappa shape index (κ3) is 2.07. The Balaban J connectivity index is 2.27. The minimum absolute atomic E-state index is 0.390. The molecule has 0 aromatic heterocycles. The molecule has 1 aliphatic rings. The van der Waals surface area contributed by atoms with Crippen LogP contribution in [0.5, 0.6) is 11.5 Å². The molecule has 15 heavy (non-hydrogen) atoms. The summed E-state index contributed by atoms with van der Waals surface area (Å²) < 4.78 is 11.0. The molecule has 0 fully saturated rings. The summed E-state index contributed by atoms with van der Waals surface area (Å²) in [6, 6.07) is 6.54. The van der Waals surface area contributed by atoms with E-state index in [4.69, 9.17) is 9.47 Å². The molecule has 1 aromatic carbocycles. The maximum atomic E-state index is 5.55. The summed E-state index contributed by atoms with van der Waals surface area (Å²) in [6.45, 7) is 3.47. The molecule has 0 saturated carbocycles. The van der Waals surface area contributed by atoms with Crippen LogP contribution >= 0.6 is 0 Å². The molecule has 0 saturated heterocycles. The van der Waals surface area contributed by atoms with Gasteiger partial charge in [-0.05, 0) is 38.7 Å². The molecule has 2 rings (SSSR count). The highest BCUT2D eigenvalue weighted by Crippen LogP contribution is 2.33. The van der Waals surface area contributed by atoms with E-state index in [-0.39, 0.29) is 0 Å². The summed E-state index contributed by atoms with van der Waals surface area (Å²) in [5.41, 5.74) is 1.25. The van der Waals surface area contributed by atoms with E-state index in [1.54, 1.807) is 0 Å². The van der Waals surface area contributed by atoms with Crippen LogP contribution in [0.2, 0.25) is 0 Å². The molecular formula is C12H17NO2. The van der Waals surface area contributed by atoms with E-state index >= 15 is 0 Å². The van der Waals surface area contributed by atoms with E-state index in [0.717, 1.165) is 11.5 Å². The monoisotopic (exact) mass is 207 g/mol. The van der Waals surface area contributed by atoms with E-state index in [2.05, 4.69) is 38.1 Å². The van der Waals surface area contributed by atoms with Crippen molar-refractivity contribution in [2.45, 2.75) is 13.0 Å². The van der Waals surface area contributed by atoms with Crippen LogP contribution in [-0.2, 0) is 0 Å². The average molecular weight is 207 g/mol. The molecule has 0 N–H and O–H groups in total. The first-order valence-corrected chi connectivity index (χ1v) is 5.24. The lowest BCUT2D eigenvalue weighted by molar-refractivity contribution is 0.171. The van der Waals surface area contributed by atoms with Crippen LogP contribution in [0.4, 0.5) is 0 Å². The van der Waals surface area contributed by atoms with Crippen molar-refractivity contribution in [3.05, 3.63) is 23.8 Å². The zero-order valence-corrected chi connectivity index (χ0v) is 9.49. The lowest BCUT2D eigenvalue weighted by Gasteiger charge is -2.23. The Morgan fingerprint density at radius 3 is 2.47 bits per heavy atom. The van der Waals surface area contributed by atoms with Crippen molar-refractivity contribution >= 4 is 0 Å². The van der Waals surface area contributed by atoms with Gasteiger partial charge in [-0.1, -0.05) is 6.07 Å². The van der Waals surface area contributed by atoms with Crippen molar-refractivity contribution in [1.82, 2.24) is 4.90 Å². The average Bonchev–Trinajstić information content (AvgIpc) is 2.27. The second-order valence-corrected chi connectivity index (χ2v) is 4.04. The number of hydrogen-bond acceptors (Lipinski definition) is 3. The van der Waals surface area contributed by atoms with E-state index in [0.29, 0.717) is 19.3 Å². The van der Waals surface area contributed by atoms with Crippen molar-refractivity contribution in [2.24, 2.45) is 0 Å². The van der Waals surface area contributed by atoms with Crippen LogP contribution in [-0.4, -0.2) is 32.2 Å². The fourth-order valence-corrected chi connectivity index (χ4v) is 1.62. The smallest absolute Gasteiger partial charge is 0.161 e. The zero-order valence-electron chi connectivity index (χ0n) is 9.49. The molecule has 1 atom stereocenters. The Morgan fingerprint density at radius 1 is 1.13 bits per heavy atom. The molecule has 0 radical (unpaired) electrons. The minimum Gasteiger partial charge on any atom is -0.486 e. The van der Waals surface area contributed by atoms with E-state index < -0.39 is 0 Å². The highest BCUT2D eigenvalue weighted by Gasteiger charge is 2.15. The Kier molecular flexibility index (Phi) is 2.82. The highest BCUT2D eigenvalue weighted by atomic mass is 16.6. The van der Waals surface area contributed by atoms with Gasteiger partial charge in [-0.2, -0.15) is 0 Å². The first-order valence-electron chi connectivity index (χ1n) is 5.24. The van der Waals surface area contributed by atoms with Gasteiger partial charge in [0.05, 0.1) is 0 Å². The largest absolute Gasteiger partial charge is 0.486 e. The molecule has 3 heteroatoms. The highest BCUT2D eigenvalue weighted by molar-refractivity contribution is 5.44. The first-order chi connectivity index (χ1) is 7.18. The van der Waals surface area contributed by atoms with Crippen LogP contribution in [0.25, 0.3) is 0 Å². The molecule has 3 nitrogen and oxygen atoms in total. The van der Waals surface area contributed by atoms with Crippen LogP contribution in [0.3, 0.4) is 0 Å². The molecule has 1 unspecified atom stereocenters. The number of benzene rings is 1. The molecule has 0 spiro atoms. The van der Waals surface area contributed by atoms with Crippen LogP contribution in [0, 0.1) is 0 Å². The zero-order chi connectivity index (χ0) is 10.8. The first kappa shape index (κ1) is 10.3. The van der Waals surface area contributed by atoms with Crippen molar-refractivity contribution < 1.29 is 9.47 Å². The molecule has 82 valence electrons. The molecule has 0 aliphatic carbocycles. The maximum Gasteiger partial charge on any atom is 0.161 e. The number of rotatable bonds is 2. The fourth-order valence-electron chi connectivity index (χ4n) is 1.62. The Bertz CT molecular complexity index is 349. The second kappa shape index (κ2) is 4.11. The summed E-state index contributed by atoms with van der Waals surface area (Å²) in [7, 11) is 4.14. The van der Waals surface area contributed by atoms with Crippen LogP contribution in [0.1, 0.15) is 18.5 Å². The Morgan fingerprint density at radius 2 is 1.80 bits per heavy atom.